The van der Waals surface area contributed by atoms with Gasteiger partial charge in [-0.05, 0) is 5.92 Å². The Hall–Kier alpha value is -0.790. The van der Waals surface area contributed by atoms with E-state index in [1.165, 1.54) is 0 Å². The Morgan fingerprint density at radius 3 is 1.91 bits per heavy atom. The number of hydrogen-bond donors (Lipinski definition) is 1. The quantitative estimate of drug-likeness (QED) is 0.663. The predicted molar refractivity (Wildman–Crippen MR) is 47.0 cm³/mol. The average molecular weight is 155 g/mol. The summed E-state index contributed by atoms with van der Waals surface area (Å²) in [6.07, 6.45) is 0. The van der Waals surface area contributed by atoms with Crippen molar-refractivity contribution in [2.24, 2.45) is 11.8 Å². The molecule has 0 aromatic carbocycles. The molecule has 1 amide bonds. The lowest BCUT2D eigenvalue weighted by Gasteiger charge is -2.12. The van der Waals surface area contributed by atoms with E-state index >= 15 is 0 Å². The summed E-state index contributed by atoms with van der Waals surface area (Å²) in [7, 11) is 0. The fourth-order valence-corrected chi connectivity index (χ4v) is 0.447. The van der Waals surface area contributed by atoms with Gasteiger partial charge < -0.3 is 5.32 Å². The molecular weight excluding hydrogens is 138 g/mol. The van der Waals surface area contributed by atoms with Gasteiger partial charge >= 0.3 is 0 Å². The van der Waals surface area contributed by atoms with E-state index in [4.69, 9.17) is 0 Å². The van der Waals surface area contributed by atoms with Crippen LogP contribution < -0.4 is 5.32 Å². The van der Waals surface area contributed by atoms with E-state index in [0.717, 1.165) is 5.70 Å². The van der Waals surface area contributed by atoms with Gasteiger partial charge in [-0.1, -0.05) is 34.3 Å². The van der Waals surface area contributed by atoms with Gasteiger partial charge in [0.05, 0.1) is 0 Å². The van der Waals surface area contributed by atoms with E-state index in [2.05, 4.69) is 11.9 Å². The van der Waals surface area contributed by atoms with Gasteiger partial charge in [0.2, 0.25) is 5.91 Å². The number of nitrogens with one attached hydrogen (secondary N) is 1. The van der Waals surface area contributed by atoms with Crippen LogP contribution in [-0.2, 0) is 4.79 Å². The first-order chi connectivity index (χ1) is 4.95. The van der Waals surface area contributed by atoms with Gasteiger partial charge in [0, 0.05) is 11.6 Å². The van der Waals surface area contributed by atoms with Crippen molar-refractivity contribution in [1.29, 1.82) is 0 Å². The fraction of sp³-hybridized carbons (Fsp3) is 0.667. The maximum Gasteiger partial charge on any atom is 0.226 e. The number of carbonyl (C=O) groups excluding carboxylic acids is 1. The Morgan fingerprint density at radius 2 is 1.64 bits per heavy atom. The van der Waals surface area contributed by atoms with Crippen molar-refractivity contribution in [3.63, 3.8) is 0 Å². The number of allylic oxidation sites excluding steroid dienone is 1. The third-order valence-electron chi connectivity index (χ3n) is 1.51. The Labute approximate surface area is 68.7 Å². The summed E-state index contributed by atoms with van der Waals surface area (Å²) in [6.45, 7) is 11.5. The molecule has 0 heterocycles. The van der Waals surface area contributed by atoms with E-state index in [1.807, 2.05) is 27.7 Å². The molecule has 0 rings (SSSR count). The molecule has 0 radical (unpaired) electrons. The van der Waals surface area contributed by atoms with Crippen LogP contribution in [0.3, 0.4) is 0 Å². The Morgan fingerprint density at radius 1 is 1.18 bits per heavy atom. The number of hydrogen-bond acceptors (Lipinski definition) is 1. The highest BCUT2D eigenvalue weighted by Gasteiger charge is 2.08. The highest BCUT2D eigenvalue weighted by Crippen LogP contribution is 2.03. The van der Waals surface area contributed by atoms with Crippen molar-refractivity contribution in [2.45, 2.75) is 27.7 Å². The summed E-state index contributed by atoms with van der Waals surface area (Å²) in [5, 5.41) is 2.75. The maximum atomic E-state index is 11.1. The van der Waals surface area contributed by atoms with Gasteiger partial charge in [-0.3, -0.25) is 4.79 Å². The van der Waals surface area contributed by atoms with Gasteiger partial charge in [0.15, 0.2) is 0 Å². The van der Waals surface area contributed by atoms with E-state index in [9.17, 15) is 4.79 Å². The number of rotatable bonds is 3. The second-order valence-electron chi connectivity index (χ2n) is 3.32. The molecule has 0 unspecified atom stereocenters. The molecule has 0 aromatic heterocycles. The summed E-state index contributed by atoms with van der Waals surface area (Å²) < 4.78 is 0. The molecule has 0 saturated carbocycles. The monoisotopic (exact) mass is 155 g/mol. The second kappa shape index (κ2) is 4.16. The van der Waals surface area contributed by atoms with E-state index in [1.54, 1.807) is 0 Å². The lowest BCUT2D eigenvalue weighted by atomic mass is 10.1. The van der Waals surface area contributed by atoms with Crippen LogP contribution in [0.1, 0.15) is 27.7 Å². The van der Waals surface area contributed by atoms with Crippen LogP contribution in [0, 0.1) is 11.8 Å². The largest absolute Gasteiger partial charge is 0.330 e. The molecular formula is C9H17NO. The van der Waals surface area contributed by atoms with Crippen LogP contribution in [0.15, 0.2) is 12.3 Å². The lowest BCUT2D eigenvalue weighted by molar-refractivity contribution is -0.123. The van der Waals surface area contributed by atoms with Gasteiger partial charge in [-0.25, -0.2) is 0 Å². The normalized spacial score (nSPS) is 10.4. The predicted octanol–water partition coefficient (Wildman–Crippen LogP) is 1.93. The molecule has 0 aliphatic heterocycles. The lowest BCUT2D eigenvalue weighted by Crippen LogP contribution is -2.28. The highest BCUT2D eigenvalue weighted by molar-refractivity contribution is 5.79. The van der Waals surface area contributed by atoms with Gasteiger partial charge in [0.25, 0.3) is 0 Å². The summed E-state index contributed by atoms with van der Waals surface area (Å²) in [5.41, 5.74) is 0.795. The zero-order chi connectivity index (χ0) is 9.02. The topological polar surface area (TPSA) is 29.1 Å². The molecule has 0 atom stereocenters. The molecule has 0 aliphatic carbocycles. The first-order valence-electron chi connectivity index (χ1n) is 3.94. The Kier molecular flexibility index (Phi) is 3.86. The third-order valence-corrected chi connectivity index (χ3v) is 1.51. The zero-order valence-electron chi connectivity index (χ0n) is 7.77. The first kappa shape index (κ1) is 10.2. The number of amides is 1. The Balaban J connectivity index is 3.86. The van der Waals surface area contributed by atoms with Crippen molar-refractivity contribution >= 4 is 5.91 Å². The summed E-state index contributed by atoms with van der Waals surface area (Å²) in [5.74, 6) is 0.395. The van der Waals surface area contributed by atoms with E-state index in [0.29, 0.717) is 5.92 Å². The third kappa shape index (κ3) is 3.81. The van der Waals surface area contributed by atoms with Gasteiger partial charge in [-0.15, -0.1) is 0 Å². The van der Waals surface area contributed by atoms with Crippen molar-refractivity contribution in [2.75, 3.05) is 0 Å². The van der Waals surface area contributed by atoms with Crippen LogP contribution >= 0.6 is 0 Å². The first-order valence-corrected chi connectivity index (χ1v) is 3.94. The highest BCUT2D eigenvalue weighted by atomic mass is 16.1. The standard InChI is InChI=1S/C9H17NO/c1-6(2)8(5)10-9(11)7(3)4/h6-7H,5H2,1-4H3,(H,10,11). The van der Waals surface area contributed by atoms with Crippen molar-refractivity contribution < 1.29 is 4.79 Å². The van der Waals surface area contributed by atoms with E-state index < -0.39 is 0 Å². The van der Waals surface area contributed by atoms with Crippen LogP contribution in [0.2, 0.25) is 0 Å². The number of carbonyl (C=O) groups is 1. The molecule has 0 fully saturated rings. The molecule has 2 heteroatoms. The summed E-state index contributed by atoms with van der Waals surface area (Å²) in [6, 6.07) is 0. The van der Waals surface area contributed by atoms with Crippen LogP contribution in [0.4, 0.5) is 0 Å². The molecule has 0 spiro atoms. The SMILES string of the molecule is C=C(NC(=O)C(C)C)C(C)C. The molecule has 11 heavy (non-hydrogen) atoms. The Bertz CT molecular complexity index is 141. The fourth-order valence-electron chi connectivity index (χ4n) is 0.447. The maximum absolute atomic E-state index is 11.1. The molecule has 0 aromatic rings. The molecule has 0 bridgehead atoms. The van der Waals surface area contributed by atoms with Crippen molar-refractivity contribution in [3.05, 3.63) is 12.3 Å². The van der Waals surface area contributed by atoms with Crippen LogP contribution in [0.25, 0.3) is 0 Å². The van der Waals surface area contributed by atoms with Crippen LogP contribution in [-0.4, -0.2) is 5.91 Å². The minimum Gasteiger partial charge on any atom is -0.330 e. The van der Waals surface area contributed by atoms with Gasteiger partial charge in [-0.2, -0.15) is 0 Å². The second-order valence-corrected chi connectivity index (χ2v) is 3.32. The smallest absolute Gasteiger partial charge is 0.226 e. The van der Waals surface area contributed by atoms with Crippen LogP contribution in [0.5, 0.6) is 0 Å². The van der Waals surface area contributed by atoms with Crippen molar-refractivity contribution in [3.8, 4) is 0 Å². The molecule has 0 saturated heterocycles. The minimum atomic E-state index is 0.0329. The zero-order valence-corrected chi connectivity index (χ0v) is 7.77. The molecule has 2 nitrogen and oxygen atoms in total. The molecule has 0 aliphatic rings. The minimum absolute atomic E-state index is 0.0329. The summed E-state index contributed by atoms with van der Waals surface area (Å²) in [4.78, 5) is 11.1. The molecule has 64 valence electrons. The van der Waals surface area contributed by atoms with Crippen molar-refractivity contribution in [1.82, 2.24) is 5.32 Å². The average Bonchev–Trinajstić information content (AvgIpc) is 1.87. The van der Waals surface area contributed by atoms with E-state index in [-0.39, 0.29) is 11.8 Å². The van der Waals surface area contributed by atoms with Gasteiger partial charge in [0.1, 0.15) is 0 Å². The molecule has 1 N–H and O–H groups in total. The summed E-state index contributed by atoms with van der Waals surface area (Å²) >= 11 is 0.